The molecule has 1 amide bonds. The van der Waals surface area contributed by atoms with Crippen LogP contribution < -0.4 is 10.9 Å². The highest BCUT2D eigenvalue weighted by Gasteiger charge is 2.14. The van der Waals surface area contributed by atoms with Crippen molar-refractivity contribution in [2.24, 2.45) is 0 Å². The van der Waals surface area contributed by atoms with Gasteiger partial charge in [0.05, 0.1) is 22.2 Å². The predicted octanol–water partition coefficient (Wildman–Crippen LogP) is 3.71. The predicted molar refractivity (Wildman–Crippen MR) is 102 cm³/mol. The molecule has 1 N–H and O–H groups in total. The van der Waals surface area contributed by atoms with Crippen LogP contribution in [0, 0.1) is 10.1 Å². The van der Waals surface area contributed by atoms with Crippen molar-refractivity contribution in [2.45, 2.75) is 6.54 Å². The van der Waals surface area contributed by atoms with Crippen molar-refractivity contribution in [2.75, 3.05) is 5.32 Å². The lowest BCUT2D eigenvalue weighted by atomic mass is 10.2. The van der Waals surface area contributed by atoms with E-state index in [1.54, 1.807) is 42.5 Å². The molecule has 0 radical (unpaired) electrons. The van der Waals surface area contributed by atoms with Gasteiger partial charge in [0, 0.05) is 18.3 Å². The molecule has 0 fully saturated rings. The Morgan fingerprint density at radius 3 is 2.63 bits per heavy atom. The Bertz CT molecular complexity index is 1080. The number of carbonyl (C=O) groups is 1. The Morgan fingerprint density at radius 1 is 1.11 bits per heavy atom. The van der Waals surface area contributed by atoms with Gasteiger partial charge in [0.1, 0.15) is 5.56 Å². The number of carbonyl (C=O) groups excluding carboxylic acids is 1. The van der Waals surface area contributed by atoms with E-state index in [2.05, 4.69) is 5.32 Å². The summed E-state index contributed by atoms with van der Waals surface area (Å²) >= 11 is 6.02. The van der Waals surface area contributed by atoms with Crippen LogP contribution in [-0.2, 0) is 6.54 Å². The molecule has 136 valence electrons. The molecule has 0 aliphatic rings. The first-order valence-electron chi connectivity index (χ1n) is 7.94. The van der Waals surface area contributed by atoms with Crippen LogP contribution in [0.4, 0.5) is 11.4 Å². The van der Waals surface area contributed by atoms with Crippen LogP contribution in [0.25, 0.3) is 0 Å². The summed E-state index contributed by atoms with van der Waals surface area (Å²) in [7, 11) is 0. The fraction of sp³-hybridized carbons (Fsp3) is 0.0526. The second-order valence-electron chi connectivity index (χ2n) is 5.72. The number of para-hydroxylation sites is 1. The van der Waals surface area contributed by atoms with Crippen molar-refractivity contribution in [3.05, 3.63) is 103 Å². The molecule has 3 aromatic rings. The minimum absolute atomic E-state index is 0.0529. The van der Waals surface area contributed by atoms with E-state index in [0.717, 1.165) is 0 Å². The van der Waals surface area contributed by atoms with E-state index in [1.807, 2.05) is 0 Å². The molecule has 0 saturated heterocycles. The van der Waals surface area contributed by atoms with E-state index in [4.69, 9.17) is 11.6 Å². The molecule has 7 nitrogen and oxygen atoms in total. The first-order chi connectivity index (χ1) is 13.0. The summed E-state index contributed by atoms with van der Waals surface area (Å²) in [5, 5.41) is 13.9. The van der Waals surface area contributed by atoms with Gasteiger partial charge in [-0.2, -0.15) is 0 Å². The maximum atomic E-state index is 12.6. The molecule has 0 aliphatic heterocycles. The van der Waals surface area contributed by atoms with Crippen molar-refractivity contribution in [3.8, 4) is 0 Å². The lowest BCUT2D eigenvalue weighted by molar-refractivity contribution is -0.384. The topological polar surface area (TPSA) is 94.2 Å². The number of nitro benzene ring substituents is 1. The number of nitrogens with zero attached hydrogens (tertiary/aromatic N) is 2. The molecule has 0 aliphatic carbocycles. The molecule has 27 heavy (non-hydrogen) atoms. The monoisotopic (exact) mass is 383 g/mol. The third-order valence-electron chi connectivity index (χ3n) is 3.86. The minimum atomic E-state index is -0.582. The summed E-state index contributed by atoms with van der Waals surface area (Å²) in [5.74, 6) is -0.582. The standard InChI is InChI=1S/C19H14ClN3O4/c20-16-8-1-2-9-17(16)21-18(24)15-7-4-10-22(19(15)25)12-13-5-3-6-14(11-13)23(26)27/h1-11H,12H2,(H,21,24). The Labute approximate surface area is 159 Å². The summed E-state index contributed by atoms with van der Waals surface area (Å²) < 4.78 is 1.32. The lowest BCUT2D eigenvalue weighted by Crippen LogP contribution is -2.29. The van der Waals surface area contributed by atoms with Crippen LogP contribution in [0.5, 0.6) is 0 Å². The van der Waals surface area contributed by atoms with Gasteiger partial charge < -0.3 is 9.88 Å². The van der Waals surface area contributed by atoms with Crippen LogP contribution in [0.1, 0.15) is 15.9 Å². The van der Waals surface area contributed by atoms with Crippen molar-refractivity contribution < 1.29 is 9.72 Å². The second-order valence-corrected chi connectivity index (χ2v) is 6.12. The van der Waals surface area contributed by atoms with Gasteiger partial charge in [-0.1, -0.05) is 35.9 Å². The molecule has 0 unspecified atom stereocenters. The second kappa shape index (κ2) is 7.84. The number of hydrogen-bond donors (Lipinski definition) is 1. The number of nitro groups is 1. The molecule has 2 aromatic carbocycles. The summed E-state index contributed by atoms with van der Waals surface area (Å²) in [5.41, 5.74) is 0.359. The summed E-state index contributed by atoms with van der Waals surface area (Å²) in [4.78, 5) is 35.5. The van der Waals surface area contributed by atoms with Crippen molar-refractivity contribution in [3.63, 3.8) is 0 Å². The van der Waals surface area contributed by atoms with E-state index >= 15 is 0 Å². The van der Waals surface area contributed by atoms with Gasteiger partial charge in [0.2, 0.25) is 0 Å². The molecule has 0 saturated carbocycles. The van der Waals surface area contributed by atoms with Gasteiger partial charge in [-0.3, -0.25) is 19.7 Å². The quantitative estimate of drug-likeness (QED) is 0.536. The van der Waals surface area contributed by atoms with Crippen LogP contribution in [0.3, 0.4) is 0 Å². The fourth-order valence-corrected chi connectivity index (χ4v) is 2.73. The number of aromatic nitrogens is 1. The number of rotatable bonds is 5. The SMILES string of the molecule is O=C(Nc1ccccc1Cl)c1cccn(Cc2cccc([N+](=O)[O-])c2)c1=O. The average molecular weight is 384 g/mol. The number of hydrogen-bond acceptors (Lipinski definition) is 4. The summed E-state index contributed by atoms with van der Waals surface area (Å²) in [6, 6.07) is 15.7. The zero-order chi connectivity index (χ0) is 19.4. The average Bonchev–Trinajstić information content (AvgIpc) is 2.65. The number of halogens is 1. The van der Waals surface area contributed by atoms with Gasteiger partial charge in [0.25, 0.3) is 17.2 Å². The van der Waals surface area contributed by atoms with Gasteiger partial charge in [-0.25, -0.2) is 0 Å². The fourth-order valence-electron chi connectivity index (χ4n) is 2.55. The van der Waals surface area contributed by atoms with Crippen LogP contribution in [0.15, 0.2) is 71.7 Å². The molecule has 0 spiro atoms. The highest BCUT2D eigenvalue weighted by atomic mass is 35.5. The normalized spacial score (nSPS) is 10.4. The van der Waals surface area contributed by atoms with Crippen molar-refractivity contribution in [1.29, 1.82) is 0 Å². The lowest BCUT2D eigenvalue weighted by Gasteiger charge is -2.10. The van der Waals surface area contributed by atoms with Crippen molar-refractivity contribution >= 4 is 28.9 Å². The number of anilines is 1. The van der Waals surface area contributed by atoms with Crippen molar-refractivity contribution in [1.82, 2.24) is 4.57 Å². The minimum Gasteiger partial charge on any atom is -0.320 e. The largest absolute Gasteiger partial charge is 0.320 e. The molecular formula is C19H14ClN3O4. The Balaban J connectivity index is 1.87. The van der Waals surface area contributed by atoms with Crippen LogP contribution in [-0.4, -0.2) is 15.4 Å². The molecule has 1 heterocycles. The number of amides is 1. The van der Waals surface area contributed by atoms with Gasteiger partial charge in [-0.05, 0) is 29.8 Å². The molecule has 8 heteroatoms. The summed E-state index contributed by atoms with van der Waals surface area (Å²) in [6.07, 6.45) is 1.52. The van der Waals surface area contributed by atoms with E-state index in [-0.39, 0.29) is 17.8 Å². The summed E-state index contributed by atoms with van der Waals surface area (Å²) in [6.45, 7) is 0.105. The zero-order valence-corrected chi connectivity index (χ0v) is 14.7. The zero-order valence-electron chi connectivity index (χ0n) is 14.0. The first-order valence-corrected chi connectivity index (χ1v) is 8.32. The van der Waals surface area contributed by atoms with E-state index < -0.39 is 16.4 Å². The highest BCUT2D eigenvalue weighted by molar-refractivity contribution is 6.33. The van der Waals surface area contributed by atoms with Gasteiger partial charge in [0.15, 0.2) is 0 Å². The van der Waals surface area contributed by atoms with E-state index in [1.165, 1.54) is 29.0 Å². The Kier molecular flexibility index (Phi) is 5.33. The smallest absolute Gasteiger partial charge is 0.269 e. The molecular weight excluding hydrogens is 370 g/mol. The molecule has 1 aromatic heterocycles. The number of nitrogens with one attached hydrogen (secondary N) is 1. The molecule has 0 bridgehead atoms. The van der Waals surface area contributed by atoms with Crippen LogP contribution in [0.2, 0.25) is 5.02 Å². The first kappa shape index (κ1) is 18.3. The van der Waals surface area contributed by atoms with Gasteiger partial charge >= 0.3 is 0 Å². The van der Waals surface area contributed by atoms with E-state index in [9.17, 15) is 19.7 Å². The maximum Gasteiger partial charge on any atom is 0.269 e. The third-order valence-corrected chi connectivity index (χ3v) is 4.19. The maximum absolute atomic E-state index is 12.6. The number of benzene rings is 2. The molecule has 3 rings (SSSR count). The Morgan fingerprint density at radius 2 is 1.89 bits per heavy atom. The third kappa shape index (κ3) is 4.21. The number of non-ortho nitro benzene ring substituents is 1. The number of pyridine rings is 1. The van der Waals surface area contributed by atoms with Crippen LogP contribution >= 0.6 is 11.6 Å². The Hall–Kier alpha value is -3.45. The highest BCUT2D eigenvalue weighted by Crippen LogP contribution is 2.20. The van der Waals surface area contributed by atoms with E-state index in [0.29, 0.717) is 16.3 Å². The van der Waals surface area contributed by atoms with Gasteiger partial charge in [-0.15, -0.1) is 0 Å². The molecule has 0 atom stereocenters.